The van der Waals surface area contributed by atoms with Crippen molar-refractivity contribution in [3.05, 3.63) is 46.5 Å². The molecule has 0 unspecified atom stereocenters. The lowest BCUT2D eigenvalue weighted by molar-refractivity contribution is -0.113. The maximum absolute atomic E-state index is 13.5. The topological polar surface area (TPSA) is 124 Å². The van der Waals surface area contributed by atoms with Crippen LogP contribution in [0, 0.1) is 0 Å². The molecule has 0 spiro atoms. The standard InChI is InChI=1S/C26H29NO9/c1-6-36-26(31)27-13-17(7-15-9-19(32-2)24(29)20(10-15)33-3)23(28)18(14-27)8-16-11-21(34-4)25(30)22(12-16)35-5/h7-12,29-30H,6,13-14H2,1-5H3/b17-7-,18-8+. The Kier molecular flexibility index (Phi) is 8.31. The highest BCUT2D eigenvalue weighted by Crippen LogP contribution is 2.39. The van der Waals surface area contributed by atoms with Gasteiger partial charge in [-0.25, -0.2) is 4.79 Å². The zero-order chi connectivity index (χ0) is 26.4. The zero-order valence-corrected chi connectivity index (χ0v) is 20.8. The van der Waals surface area contributed by atoms with Gasteiger partial charge in [-0.2, -0.15) is 0 Å². The van der Waals surface area contributed by atoms with E-state index in [1.807, 2.05) is 0 Å². The van der Waals surface area contributed by atoms with Crippen molar-refractivity contribution in [3.63, 3.8) is 0 Å². The number of likely N-dealkylation sites (tertiary alicyclic amines) is 1. The summed E-state index contributed by atoms with van der Waals surface area (Å²) in [6, 6.07) is 6.22. The van der Waals surface area contributed by atoms with Gasteiger partial charge < -0.3 is 33.9 Å². The van der Waals surface area contributed by atoms with Gasteiger partial charge in [-0.05, 0) is 54.5 Å². The Balaban J connectivity index is 2.10. The number of hydrogen-bond acceptors (Lipinski definition) is 9. The Bertz CT molecular complexity index is 1080. The lowest BCUT2D eigenvalue weighted by Crippen LogP contribution is -2.41. The van der Waals surface area contributed by atoms with Crippen LogP contribution in [0.25, 0.3) is 12.2 Å². The first-order valence-electron chi connectivity index (χ1n) is 11.0. The summed E-state index contributed by atoms with van der Waals surface area (Å²) < 4.78 is 26.0. The van der Waals surface area contributed by atoms with Crippen LogP contribution < -0.4 is 18.9 Å². The fraction of sp³-hybridized carbons (Fsp3) is 0.308. The number of piperidine rings is 1. The van der Waals surface area contributed by atoms with Gasteiger partial charge in [0.15, 0.2) is 28.8 Å². The van der Waals surface area contributed by atoms with Crippen LogP contribution in [0.1, 0.15) is 18.1 Å². The molecule has 10 nitrogen and oxygen atoms in total. The van der Waals surface area contributed by atoms with Crippen LogP contribution in [0.2, 0.25) is 0 Å². The summed E-state index contributed by atoms with van der Waals surface area (Å²) in [4.78, 5) is 27.5. The summed E-state index contributed by atoms with van der Waals surface area (Å²) in [5, 5.41) is 20.4. The number of amides is 1. The lowest BCUT2D eigenvalue weighted by Gasteiger charge is -2.29. The molecule has 1 heterocycles. The third kappa shape index (κ3) is 5.48. The zero-order valence-electron chi connectivity index (χ0n) is 20.8. The maximum Gasteiger partial charge on any atom is 0.410 e. The molecule has 0 aliphatic carbocycles. The molecule has 0 atom stereocenters. The van der Waals surface area contributed by atoms with E-state index in [0.717, 1.165) is 0 Å². The van der Waals surface area contributed by atoms with E-state index in [1.54, 1.807) is 43.3 Å². The normalized spacial score (nSPS) is 15.7. The second kappa shape index (κ2) is 11.4. The van der Waals surface area contributed by atoms with Crippen molar-refractivity contribution in [2.24, 2.45) is 0 Å². The molecule has 1 fully saturated rings. The number of Topliss-reactive ketones (excluding diaryl/α,β-unsaturated/α-hetero) is 1. The first-order chi connectivity index (χ1) is 17.3. The summed E-state index contributed by atoms with van der Waals surface area (Å²) >= 11 is 0. The van der Waals surface area contributed by atoms with Gasteiger partial charge in [0.2, 0.25) is 11.5 Å². The highest BCUT2D eigenvalue weighted by Gasteiger charge is 2.30. The highest BCUT2D eigenvalue weighted by molar-refractivity contribution is 6.15. The van der Waals surface area contributed by atoms with Crippen molar-refractivity contribution in [1.29, 1.82) is 0 Å². The molecule has 1 aliphatic rings. The Morgan fingerprint density at radius 2 is 1.17 bits per heavy atom. The molecule has 10 heteroatoms. The summed E-state index contributed by atoms with van der Waals surface area (Å²) in [6.45, 7) is 1.91. The van der Waals surface area contributed by atoms with Crippen LogP contribution in [-0.4, -0.2) is 75.1 Å². The molecule has 2 aromatic carbocycles. The largest absolute Gasteiger partial charge is 0.502 e. The number of ketones is 1. The highest BCUT2D eigenvalue weighted by atomic mass is 16.6. The predicted molar refractivity (Wildman–Crippen MR) is 132 cm³/mol. The van der Waals surface area contributed by atoms with Gasteiger partial charge in [-0.1, -0.05) is 0 Å². The average Bonchev–Trinajstić information content (AvgIpc) is 2.87. The smallest absolute Gasteiger partial charge is 0.410 e. The minimum atomic E-state index is -0.566. The molecule has 1 amide bonds. The van der Waals surface area contributed by atoms with Gasteiger partial charge in [-0.3, -0.25) is 9.69 Å². The fourth-order valence-corrected chi connectivity index (χ4v) is 3.78. The minimum Gasteiger partial charge on any atom is -0.502 e. The second-order valence-corrected chi connectivity index (χ2v) is 7.77. The maximum atomic E-state index is 13.5. The van der Waals surface area contributed by atoms with Crippen LogP contribution in [0.5, 0.6) is 34.5 Å². The number of ether oxygens (including phenoxy) is 5. The van der Waals surface area contributed by atoms with Crippen molar-refractivity contribution in [2.75, 3.05) is 48.1 Å². The number of rotatable bonds is 7. The number of phenols is 2. The van der Waals surface area contributed by atoms with Gasteiger partial charge in [0.25, 0.3) is 0 Å². The van der Waals surface area contributed by atoms with Crippen LogP contribution >= 0.6 is 0 Å². The van der Waals surface area contributed by atoms with Crippen LogP contribution in [0.3, 0.4) is 0 Å². The average molecular weight is 500 g/mol. The number of methoxy groups -OCH3 is 4. The van der Waals surface area contributed by atoms with E-state index >= 15 is 0 Å². The molecule has 2 N–H and O–H groups in total. The molecule has 36 heavy (non-hydrogen) atoms. The summed E-state index contributed by atoms with van der Waals surface area (Å²) in [7, 11) is 5.61. The number of nitrogens with zero attached hydrogens (tertiary/aromatic N) is 1. The molecule has 192 valence electrons. The van der Waals surface area contributed by atoms with Crippen molar-refractivity contribution < 1.29 is 43.5 Å². The van der Waals surface area contributed by atoms with Gasteiger partial charge in [0.1, 0.15) is 0 Å². The third-order valence-corrected chi connectivity index (χ3v) is 5.52. The predicted octanol–water partition coefficient (Wildman–Crippen LogP) is 3.64. The molecule has 2 aromatic rings. The van der Waals surface area contributed by atoms with E-state index in [2.05, 4.69) is 0 Å². The molecule has 1 aliphatic heterocycles. The van der Waals surface area contributed by atoms with E-state index in [0.29, 0.717) is 22.3 Å². The SMILES string of the molecule is CCOC(=O)N1C/C(=C/c2cc(OC)c(O)c(OC)c2)C(=O)/C(=C/c2cc(OC)c(O)c(OC)c2)C1. The van der Waals surface area contributed by atoms with Gasteiger partial charge >= 0.3 is 6.09 Å². The number of carbonyl (C=O) groups is 2. The number of aromatic hydroxyl groups is 2. The summed E-state index contributed by atoms with van der Waals surface area (Å²) in [5.74, 6) is 0.0720. The fourth-order valence-electron chi connectivity index (χ4n) is 3.78. The Morgan fingerprint density at radius 1 is 0.806 bits per heavy atom. The van der Waals surface area contributed by atoms with E-state index < -0.39 is 6.09 Å². The van der Waals surface area contributed by atoms with E-state index in [1.165, 1.54) is 33.3 Å². The van der Waals surface area contributed by atoms with Crippen LogP contribution in [0.15, 0.2) is 35.4 Å². The Morgan fingerprint density at radius 3 is 1.47 bits per heavy atom. The number of carbonyl (C=O) groups excluding carboxylic acids is 2. The number of benzene rings is 2. The molecular formula is C26H29NO9. The van der Waals surface area contributed by atoms with Crippen molar-refractivity contribution in [2.45, 2.75) is 6.92 Å². The third-order valence-electron chi connectivity index (χ3n) is 5.52. The molecule has 1 saturated heterocycles. The first-order valence-corrected chi connectivity index (χ1v) is 11.0. The summed E-state index contributed by atoms with van der Waals surface area (Å²) in [5.41, 5.74) is 1.69. The van der Waals surface area contributed by atoms with E-state index in [9.17, 15) is 19.8 Å². The van der Waals surface area contributed by atoms with Crippen molar-refractivity contribution in [1.82, 2.24) is 4.90 Å². The second-order valence-electron chi connectivity index (χ2n) is 7.77. The Hall–Kier alpha value is -4.34. The van der Waals surface area contributed by atoms with Crippen LogP contribution in [-0.2, 0) is 9.53 Å². The monoisotopic (exact) mass is 499 g/mol. The molecule has 0 aromatic heterocycles. The van der Waals surface area contributed by atoms with Gasteiger partial charge in [0, 0.05) is 11.1 Å². The van der Waals surface area contributed by atoms with Crippen LogP contribution in [0.4, 0.5) is 4.79 Å². The lowest BCUT2D eigenvalue weighted by atomic mass is 9.94. The van der Waals surface area contributed by atoms with Gasteiger partial charge in [0.05, 0.1) is 48.1 Å². The Labute approximate surface area is 208 Å². The molecular weight excluding hydrogens is 470 g/mol. The van der Waals surface area contributed by atoms with Crippen molar-refractivity contribution in [3.8, 4) is 34.5 Å². The van der Waals surface area contributed by atoms with E-state index in [-0.39, 0.29) is 60.0 Å². The number of phenolic OH excluding ortho intramolecular Hbond substituents is 2. The van der Waals surface area contributed by atoms with Gasteiger partial charge in [-0.15, -0.1) is 0 Å². The first kappa shape index (κ1) is 26.3. The van der Waals surface area contributed by atoms with Crippen molar-refractivity contribution >= 4 is 24.0 Å². The molecule has 3 rings (SSSR count). The summed E-state index contributed by atoms with van der Waals surface area (Å²) in [6.07, 6.45) is 2.64. The molecule has 0 bridgehead atoms. The minimum absolute atomic E-state index is 0.0166. The molecule has 0 saturated carbocycles. The quantitative estimate of drug-likeness (QED) is 0.550. The molecule has 0 radical (unpaired) electrons. The van der Waals surface area contributed by atoms with E-state index in [4.69, 9.17) is 23.7 Å². The number of hydrogen-bond donors (Lipinski definition) is 2.